The Morgan fingerprint density at radius 2 is 1.04 bits per heavy atom. The van der Waals surface area contributed by atoms with E-state index in [4.69, 9.17) is 9.47 Å². The molecule has 10 nitrogen and oxygen atoms in total. The Kier molecular flexibility index (Phi) is 5.87. The molecule has 2 fully saturated rings. The maximum absolute atomic E-state index is 12.0. The summed E-state index contributed by atoms with van der Waals surface area (Å²) in [5, 5.41) is 5.19. The predicted octanol–water partition coefficient (Wildman–Crippen LogP) is -0.320. The molecule has 146 valence electrons. The van der Waals surface area contributed by atoms with Gasteiger partial charge < -0.3 is 20.1 Å². The van der Waals surface area contributed by atoms with E-state index in [2.05, 4.69) is 10.6 Å². The Morgan fingerprint density at radius 3 is 1.31 bits per heavy atom. The van der Waals surface area contributed by atoms with Crippen molar-refractivity contribution >= 4 is 23.9 Å². The van der Waals surface area contributed by atoms with Gasteiger partial charge in [-0.25, -0.2) is 9.59 Å². The van der Waals surface area contributed by atoms with Crippen LogP contribution >= 0.6 is 0 Å². The number of imide groups is 2. The minimum atomic E-state index is -0.881. The van der Waals surface area contributed by atoms with Crippen LogP contribution in [-0.4, -0.2) is 84.3 Å². The summed E-state index contributed by atoms with van der Waals surface area (Å²) < 4.78 is 10.7. The summed E-state index contributed by atoms with van der Waals surface area (Å²) in [5.74, 6) is -0.558. The molecule has 2 N–H and O–H groups in total. The molecule has 2 saturated heterocycles. The van der Waals surface area contributed by atoms with Crippen molar-refractivity contribution in [3.05, 3.63) is 0 Å². The molecule has 0 aliphatic carbocycles. The molecule has 0 saturated carbocycles. The smallest absolute Gasteiger partial charge is 0.325 e. The largest absolute Gasteiger partial charge is 0.377 e. The third-order valence-electron chi connectivity index (χ3n) is 4.18. The van der Waals surface area contributed by atoms with Gasteiger partial charge in [0.05, 0.1) is 39.5 Å². The average Bonchev–Trinajstić information content (AvgIpc) is 2.85. The first-order chi connectivity index (χ1) is 12.1. The number of carbonyl (C=O) groups excluding carboxylic acids is 4. The van der Waals surface area contributed by atoms with Crippen LogP contribution in [-0.2, 0) is 19.1 Å². The lowest BCUT2D eigenvalue weighted by Gasteiger charge is -2.16. The summed E-state index contributed by atoms with van der Waals surface area (Å²) in [7, 11) is 0. The van der Waals surface area contributed by atoms with Gasteiger partial charge in [0.2, 0.25) is 0 Å². The maximum atomic E-state index is 12.0. The number of nitrogens with one attached hydrogen (secondary N) is 2. The summed E-state index contributed by atoms with van der Waals surface area (Å²) >= 11 is 0. The fourth-order valence-corrected chi connectivity index (χ4v) is 2.68. The Balaban J connectivity index is 1.55. The molecule has 2 aliphatic heterocycles. The number of nitrogens with zero attached hydrogens (tertiary/aromatic N) is 2. The molecule has 0 aromatic rings. The number of amides is 6. The number of hydrogen-bond acceptors (Lipinski definition) is 6. The van der Waals surface area contributed by atoms with Crippen molar-refractivity contribution in [3.63, 3.8) is 0 Å². The minimum absolute atomic E-state index is 0.172. The number of hydrogen-bond donors (Lipinski definition) is 2. The number of carbonyl (C=O) groups is 4. The molecular weight excluding hydrogens is 344 g/mol. The summed E-state index contributed by atoms with van der Waals surface area (Å²) in [6, 6.07) is -0.840. The lowest BCUT2D eigenvalue weighted by molar-refractivity contribution is -0.131. The quantitative estimate of drug-likeness (QED) is 0.424. The van der Waals surface area contributed by atoms with Crippen LogP contribution in [0.15, 0.2) is 0 Å². The summed E-state index contributed by atoms with van der Waals surface area (Å²) in [6.45, 7) is 7.90. The van der Waals surface area contributed by atoms with Crippen molar-refractivity contribution < 1.29 is 28.7 Å². The highest BCUT2D eigenvalue weighted by molar-refractivity contribution is 6.07. The molecular formula is C16H26N4O6. The highest BCUT2D eigenvalue weighted by Gasteiger charge is 2.44. The Morgan fingerprint density at radius 1 is 0.692 bits per heavy atom. The Hall–Kier alpha value is -2.20. The predicted molar refractivity (Wildman–Crippen MR) is 90.3 cm³/mol. The fraction of sp³-hybridized carbons (Fsp3) is 0.750. The lowest BCUT2D eigenvalue weighted by atomic mass is 10.1. The van der Waals surface area contributed by atoms with Gasteiger partial charge in [-0.3, -0.25) is 19.4 Å². The van der Waals surface area contributed by atoms with Gasteiger partial charge in [0.25, 0.3) is 11.8 Å². The molecule has 10 heteroatoms. The van der Waals surface area contributed by atoms with Gasteiger partial charge >= 0.3 is 12.1 Å². The normalized spacial score (nSPS) is 21.4. The topological polar surface area (TPSA) is 117 Å². The molecule has 2 aliphatic rings. The molecule has 0 aromatic carbocycles. The Bertz CT molecular complexity index is 552. The van der Waals surface area contributed by atoms with Crippen LogP contribution in [0.1, 0.15) is 27.7 Å². The number of rotatable bonds is 9. The van der Waals surface area contributed by atoms with E-state index in [-0.39, 0.29) is 51.3 Å². The van der Waals surface area contributed by atoms with E-state index in [1.165, 1.54) is 0 Å². The molecule has 2 heterocycles. The van der Waals surface area contributed by atoms with Crippen molar-refractivity contribution in [2.24, 2.45) is 0 Å². The van der Waals surface area contributed by atoms with Gasteiger partial charge in [-0.1, -0.05) is 0 Å². The molecule has 0 radical (unpaired) electrons. The van der Waals surface area contributed by atoms with Crippen molar-refractivity contribution in [2.75, 3.05) is 39.5 Å². The summed E-state index contributed by atoms with van der Waals surface area (Å²) in [5.41, 5.74) is -1.76. The Labute approximate surface area is 152 Å². The second-order valence-electron chi connectivity index (χ2n) is 7.25. The highest BCUT2D eigenvalue weighted by Crippen LogP contribution is 2.16. The molecule has 6 amide bonds. The van der Waals surface area contributed by atoms with Gasteiger partial charge in [-0.05, 0) is 27.7 Å². The van der Waals surface area contributed by atoms with E-state index < -0.39 is 23.1 Å². The number of urea groups is 2. The summed E-state index contributed by atoms with van der Waals surface area (Å²) in [6.07, 6.45) is 0. The third-order valence-corrected chi connectivity index (χ3v) is 4.18. The first-order valence-corrected chi connectivity index (χ1v) is 8.50. The maximum Gasteiger partial charge on any atom is 0.325 e. The monoisotopic (exact) mass is 370 g/mol. The highest BCUT2D eigenvalue weighted by atomic mass is 16.5. The molecule has 0 unspecified atom stereocenters. The molecule has 0 aromatic heterocycles. The van der Waals surface area contributed by atoms with Crippen LogP contribution in [0.2, 0.25) is 0 Å². The van der Waals surface area contributed by atoms with Gasteiger partial charge in [-0.15, -0.1) is 0 Å². The fourth-order valence-electron chi connectivity index (χ4n) is 2.68. The average molecular weight is 370 g/mol. The van der Waals surface area contributed by atoms with E-state index >= 15 is 0 Å². The zero-order valence-electron chi connectivity index (χ0n) is 15.6. The van der Waals surface area contributed by atoms with E-state index in [0.717, 1.165) is 9.80 Å². The molecule has 26 heavy (non-hydrogen) atoms. The van der Waals surface area contributed by atoms with Crippen LogP contribution in [0.5, 0.6) is 0 Å². The van der Waals surface area contributed by atoms with E-state index in [1.54, 1.807) is 27.7 Å². The molecule has 0 atom stereocenters. The van der Waals surface area contributed by atoms with Crippen LogP contribution < -0.4 is 10.6 Å². The first-order valence-electron chi connectivity index (χ1n) is 8.50. The van der Waals surface area contributed by atoms with E-state index in [1.807, 2.05) is 0 Å². The van der Waals surface area contributed by atoms with Gasteiger partial charge in [-0.2, -0.15) is 0 Å². The van der Waals surface area contributed by atoms with Crippen LogP contribution in [0, 0.1) is 0 Å². The van der Waals surface area contributed by atoms with Crippen LogP contribution in [0.3, 0.4) is 0 Å². The van der Waals surface area contributed by atoms with Crippen LogP contribution in [0.25, 0.3) is 0 Å². The van der Waals surface area contributed by atoms with Crippen molar-refractivity contribution in [3.8, 4) is 0 Å². The molecule has 0 bridgehead atoms. The van der Waals surface area contributed by atoms with Crippen molar-refractivity contribution in [1.82, 2.24) is 20.4 Å². The van der Waals surface area contributed by atoms with E-state index in [0.29, 0.717) is 0 Å². The van der Waals surface area contributed by atoms with Crippen molar-refractivity contribution in [1.29, 1.82) is 0 Å². The first kappa shape index (κ1) is 20.1. The lowest BCUT2D eigenvalue weighted by Crippen LogP contribution is -2.40. The minimum Gasteiger partial charge on any atom is -0.377 e. The third kappa shape index (κ3) is 4.31. The molecule has 2 rings (SSSR count). The second-order valence-corrected chi connectivity index (χ2v) is 7.25. The summed E-state index contributed by atoms with van der Waals surface area (Å²) in [4.78, 5) is 49.5. The van der Waals surface area contributed by atoms with Crippen LogP contribution in [0.4, 0.5) is 9.59 Å². The second kappa shape index (κ2) is 7.58. The van der Waals surface area contributed by atoms with Gasteiger partial charge in [0, 0.05) is 0 Å². The standard InChI is InChI=1S/C16H26N4O6/c1-15(2)11(21)19(13(23)17-15)5-7-25-9-10-26-8-6-20-12(22)16(3,4)18-14(20)24/h5-10H2,1-4H3,(H,17,23)(H,18,24). The van der Waals surface area contributed by atoms with Gasteiger partial charge in [0.1, 0.15) is 11.1 Å². The zero-order chi connectivity index (χ0) is 19.5. The zero-order valence-corrected chi connectivity index (χ0v) is 15.6. The van der Waals surface area contributed by atoms with Crippen molar-refractivity contribution in [2.45, 2.75) is 38.8 Å². The molecule has 0 spiro atoms. The number of ether oxygens (including phenoxy) is 2. The SMILES string of the molecule is CC1(C)NC(=O)N(CCOCCOCCN2C(=O)NC(C)(C)C2=O)C1=O. The van der Waals surface area contributed by atoms with Gasteiger partial charge in [0.15, 0.2) is 0 Å². The van der Waals surface area contributed by atoms with E-state index in [9.17, 15) is 19.2 Å².